The Bertz CT molecular complexity index is 544. The molecule has 0 atom stereocenters. The third-order valence-corrected chi connectivity index (χ3v) is 2.77. The van der Waals surface area contributed by atoms with E-state index in [1.54, 1.807) is 23.9 Å². The van der Waals surface area contributed by atoms with Crippen LogP contribution in [0.15, 0.2) is 17.6 Å². The molecule has 6 heteroatoms. The lowest BCUT2D eigenvalue weighted by Crippen LogP contribution is -2.11. The van der Waals surface area contributed by atoms with E-state index < -0.39 is 0 Å². The van der Waals surface area contributed by atoms with Crippen LogP contribution in [-0.2, 0) is 13.5 Å². The van der Waals surface area contributed by atoms with Crippen LogP contribution in [0.4, 0.5) is 5.82 Å². The summed E-state index contributed by atoms with van der Waals surface area (Å²) in [6.07, 6.45) is 4.55. The minimum absolute atomic E-state index is 0.0623. The van der Waals surface area contributed by atoms with Gasteiger partial charge in [0.25, 0.3) is 0 Å². The van der Waals surface area contributed by atoms with Crippen LogP contribution in [-0.4, -0.2) is 39.0 Å². The van der Waals surface area contributed by atoms with Crippen LogP contribution in [0.2, 0.25) is 0 Å². The topological polar surface area (TPSA) is 91.3 Å². The number of aliphatic hydroxyl groups is 1. The Balaban J connectivity index is 3.08. The fourth-order valence-corrected chi connectivity index (χ4v) is 1.80. The van der Waals surface area contributed by atoms with Crippen LogP contribution >= 0.6 is 0 Å². The van der Waals surface area contributed by atoms with Gasteiger partial charge in [-0.2, -0.15) is 0 Å². The number of aliphatic hydroxyl groups excluding tert-OH is 1. The number of aliphatic imine (C=N–C) groups is 1. The van der Waals surface area contributed by atoms with Crippen molar-refractivity contribution in [1.82, 2.24) is 9.55 Å². The number of nitrogens with zero attached hydrogens (tertiary/aromatic N) is 3. The average molecular weight is 276 g/mol. The van der Waals surface area contributed by atoms with Crippen molar-refractivity contribution in [3.8, 4) is 0 Å². The molecular formula is C14H20N4O2. The molecule has 1 aromatic heterocycles. The minimum Gasteiger partial charge on any atom is -0.396 e. The zero-order valence-corrected chi connectivity index (χ0v) is 11.9. The predicted octanol–water partition coefficient (Wildman–Crippen LogP) is 1.85. The van der Waals surface area contributed by atoms with E-state index in [1.165, 1.54) is 6.92 Å². The summed E-state index contributed by atoms with van der Waals surface area (Å²) >= 11 is 0. The zero-order chi connectivity index (χ0) is 15.1. The summed E-state index contributed by atoms with van der Waals surface area (Å²) in [5, 5.41) is 16.5. The maximum atomic E-state index is 11.7. The summed E-state index contributed by atoms with van der Waals surface area (Å²) in [6.45, 7) is 5.00. The number of Topliss-reactive ketones (excluding diaryl/α,β-unsaturated/α-hetero) is 1. The number of nitrogens with one attached hydrogen (secondary N) is 1. The second-order valence-electron chi connectivity index (χ2n) is 4.41. The fraction of sp³-hybridized carbons (Fsp3) is 0.429. The van der Waals surface area contributed by atoms with Crippen molar-refractivity contribution in [2.75, 3.05) is 6.61 Å². The first-order chi connectivity index (χ1) is 9.51. The summed E-state index contributed by atoms with van der Waals surface area (Å²) < 4.78 is 1.66. The first kappa shape index (κ1) is 16.0. The molecule has 0 radical (unpaired) electrons. The maximum absolute atomic E-state index is 11.7. The number of carbonyl (C=O) groups excluding carboxylic acids is 1. The second-order valence-corrected chi connectivity index (χ2v) is 4.41. The number of hydrogen-bond donors (Lipinski definition) is 2. The number of hydrogen-bond acceptors (Lipinski definition) is 5. The molecule has 0 amide bonds. The number of carbonyl (C=O) groups is 1. The van der Waals surface area contributed by atoms with Gasteiger partial charge in [0.2, 0.25) is 0 Å². The summed E-state index contributed by atoms with van der Waals surface area (Å²) in [6, 6.07) is 0. The van der Waals surface area contributed by atoms with Crippen molar-refractivity contribution in [3.63, 3.8) is 0 Å². The first-order valence-corrected chi connectivity index (χ1v) is 6.38. The molecule has 0 saturated heterocycles. The maximum Gasteiger partial charge on any atom is 0.181 e. The SMILES string of the molecule is C=CC/C=N\c1nc(CC(=N)CCO)n(C)c1C(C)=O. The van der Waals surface area contributed by atoms with Crippen molar-refractivity contribution in [1.29, 1.82) is 5.41 Å². The number of imidazole rings is 1. The van der Waals surface area contributed by atoms with Crippen molar-refractivity contribution >= 4 is 23.5 Å². The normalized spacial score (nSPS) is 10.9. The molecule has 1 rings (SSSR count). The van der Waals surface area contributed by atoms with Gasteiger partial charge in [-0.15, -0.1) is 6.58 Å². The van der Waals surface area contributed by atoms with Crippen molar-refractivity contribution in [2.45, 2.75) is 26.2 Å². The van der Waals surface area contributed by atoms with E-state index in [0.717, 1.165) is 0 Å². The monoisotopic (exact) mass is 276 g/mol. The highest BCUT2D eigenvalue weighted by Crippen LogP contribution is 2.20. The molecule has 20 heavy (non-hydrogen) atoms. The Labute approximate surface area is 118 Å². The molecule has 1 heterocycles. The van der Waals surface area contributed by atoms with Crippen LogP contribution in [0, 0.1) is 5.41 Å². The molecule has 0 aliphatic rings. The van der Waals surface area contributed by atoms with E-state index in [-0.39, 0.29) is 12.4 Å². The van der Waals surface area contributed by atoms with E-state index in [0.29, 0.717) is 42.3 Å². The van der Waals surface area contributed by atoms with Crippen LogP contribution in [0.3, 0.4) is 0 Å². The van der Waals surface area contributed by atoms with Crippen molar-refractivity contribution in [3.05, 3.63) is 24.2 Å². The standard InChI is InChI=1S/C14H20N4O2/c1-4-5-7-16-14-13(10(2)20)18(3)12(17-14)9-11(15)6-8-19/h4,7,15,19H,1,5-6,8-9H2,2-3H3/b15-11?,16-7-. The highest BCUT2D eigenvalue weighted by Gasteiger charge is 2.18. The second kappa shape index (κ2) is 7.49. The Morgan fingerprint density at radius 3 is 2.85 bits per heavy atom. The quantitative estimate of drug-likeness (QED) is 0.431. The van der Waals surface area contributed by atoms with Gasteiger partial charge in [-0.1, -0.05) is 6.08 Å². The minimum atomic E-state index is -0.120. The lowest BCUT2D eigenvalue weighted by Gasteiger charge is -2.04. The summed E-state index contributed by atoms with van der Waals surface area (Å²) in [7, 11) is 1.73. The van der Waals surface area contributed by atoms with Crippen LogP contribution < -0.4 is 0 Å². The smallest absolute Gasteiger partial charge is 0.181 e. The van der Waals surface area contributed by atoms with E-state index in [1.807, 2.05) is 0 Å². The predicted molar refractivity (Wildman–Crippen MR) is 79.3 cm³/mol. The molecule has 0 spiro atoms. The van der Waals surface area contributed by atoms with E-state index >= 15 is 0 Å². The zero-order valence-electron chi connectivity index (χ0n) is 11.9. The van der Waals surface area contributed by atoms with Gasteiger partial charge in [0.15, 0.2) is 11.6 Å². The summed E-state index contributed by atoms with van der Waals surface area (Å²) in [5.74, 6) is 0.846. The Hall–Kier alpha value is -2.08. The average Bonchev–Trinajstić information content (AvgIpc) is 2.67. The highest BCUT2D eigenvalue weighted by molar-refractivity contribution is 5.97. The molecule has 0 aliphatic carbocycles. The van der Waals surface area contributed by atoms with E-state index in [4.69, 9.17) is 10.5 Å². The van der Waals surface area contributed by atoms with Crippen LogP contribution in [0.5, 0.6) is 0 Å². The highest BCUT2D eigenvalue weighted by atomic mass is 16.3. The number of allylic oxidation sites excluding steroid dienone is 1. The van der Waals surface area contributed by atoms with Crippen LogP contribution in [0.25, 0.3) is 0 Å². The third kappa shape index (κ3) is 3.96. The molecule has 0 unspecified atom stereocenters. The third-order valence-electron chi connectivity index (χ3n) is 2.77. The molecule has 0 bridgehead atoms. The molecule has 6 nitrogen and oxygen atoms in total. The van der Waals surface area contributed by atoms with Gasteiger partial charge >= 0.3 is 0 Å². The lowest BCUT2D eigenvalue weighted by molar-refractivity contribution is 0.101. The molecule has 0 aliphatic heterocycles. The summed E-state index contributed by atoms with van der Waals surface area (Å²) in [4.78, 5) is 20.2. The first-order valence-electron chi connectivity index (χ1n) is 6.38. The molecule has 0 saturated carbocycles. The Kier molecular flexibility index (Phi) is 5.99. The molecule has 2 N–H and O–H groups in total. The molecule has 0 aromatic carbocycles. The van der Waals surface area contributed by atoms with Gasteiger partial charge in [-0.25, -0.2) is 9.98 Å². The van der Waals surface area contributed by atoms with Crippen molar-refractivity contribution in [2.24, 2.45) is 12.0 Å². The van der Waals surface area contributed by atoms with Gasteiger partial charge < -0.3 is 15.1 Å². The van der Waals surface area contributed by atoms with E-state index in [9.17, 15) is 4.79 Å². The van der Waals surface area contributed by atoms with Gasteiger partial charge in [0.1, 0.15) is 11.5 Å². The number of ketones is 1. The molecule has 108 valence electrons. The van der Waals surface area contributed by atoms with Crippen molar-refractivity contribution < 1.29 is 9.90 Å². The fourth-order valence-electron chi connectivity index (χ4n) is 1.80. The van der Waals surface area contributed by atoms with Crippen LogP contribution in [0.1, 0.15) is 36.1 Å². The number of aromatic nitrogens is 2. The van der Waals surface area contributed by atoms with Gasteiger partial charge in [0.05, 0.1) is 0 Å². The summed E-state index contributed by atoms with van der Waals surface area (Å²) in [5.41, 5.74) is 0.800. The van der Waals surface area contributed by atoms with E-state index in [2.05, 4.69) is 16.6 Å². The molecular weight excluding hydrogens is 256 g/mol. The Morgan fingerprint density at radius 2 is 2.30 bits per heavy atom. The molecule has 0 fully saturated rings. The number of rotatable bonds is 8. The Morgan fingerprint density at radius 1 is 1.60 bits per heavy atom. The van der Waals surface area contributed by atoms with Gasteiger partial charge in [-0.3, -0.25) is 4.79 Å². The van der Waals surface area contributed by atoms with Gasteiger partial charge in [0, 0.05) is 51.8 Å². The molecule has 1 aromatic rings. The lowest BCUT2D eigenvalue weighted by atomic mass is 10.2. The largest absolute Gasteiger partial charge is 0.396 e. The van der Waals surface area contributed by atoms with Gasteiger partial charge in [-0.05, 0) is 0 Å².